The van der Waals surface area contributed by atoms with Crippen molar-refractivity contribution >= 4 is 11.9 Å². The van der Waals surface area contributed by atoms with Crippen LogP contribution >= 0.6 is 0 Å². The number of likely N-dealkylation sites (tertiary alicyclic amines) is 1. The largest absolute Gasteiger partial charge is 0.481 e. The van der Waals surface area contributed by atoms with Crippen molar-refractivity contribution in [2.75, 3.05) is 26.2 Å². The predicted molar refractivity (Wildman–Crippen MR) is 72.7 cm³/mol. The van der Waals surface area contributed by atoms with Gasteiger partial charge >= 0.3 is 5.97 Å². The van der Waals surface area contributed by atoms with Crippen LogP contribution in [0.4, 0.5) is 0 Å². The van der Waals surface area contributed by atoms with E-state index in [9.17, 15) is 9.59 Å². The molecule has 0 saturated carbocycles. The lowest BCUT2D eigenvalue weighted by atomic mass is 9.96. The van der Waals surface area contributed by atoms with Gasteiger partial charge in [0.1, 0.15) is 0 Å². The van der Waals surface area contributed by atoms with Gasteiger partial charge in [-0.05, 0) is 44.8 Å². The van der Waals surface area contributed by atoms with Crippen LogP contribution in [-0.2, 0) is 9.59 Å². The van der Waals surface area contributed by atoms with Crippen LogP contribution in [0, 0.1) is 5.92 Å². The number of hydrogen-bond acceptors (Lipinski definition) is 4. The van der Waals surface area contributed by atoms with Gasteiger partial charge in [-0.3, -0.25) is 9.59 Å². The fourth-order valence-corrected chi connectivity index (χ4v) is 2.29. The monoisotopic (exact) mass is 271 g/mol. The number of carboxylic acid groups (broad SMARTS) is 1. The number of carboxylic acids is 1. The molecule has 1 fully saturated rings. The lowest BCUT2D eigenvalue weighted by molar-refractivity contribution is -0.137. The van der Waals surface area contributed by atoms with Crippen LogP contribution in [0.25, 0.3) is 0 Å². The van der Waals surface area contributed by atoms with E-state index < -0.39 is 12.0 Å². The molecule has 1 atom stereocenters. The maximum absolute atomic E-state index is 11.7. The van der Waals surface area contributed by atoms with Crippen LogP contribution < -0.4 is 11.1 Å². The third-order valence-corrected chi connectivity index (χ3v) is 3.73. The first-order chi connectivity index (χ1) is 9.02. The molecule has 0 radical (unpaired) electrons. The molecule has 110 valence electrons. The minimum absolute atomic E-state index is 0.0660. The van der Waals surface area contributed by atoms with Crippen molar-refractivity contribution in [2.45, 2.75) is 38.6 Å². The van der Waals surface area contributed by atoms with E-state index in [0.717, 1.165) is 32.5 Å². The third-order valence-electron chi connectivity index (χ3n) is 3.73. The van der Waals surface area contributed by atoms with E-state index in [1.54, 1.807) is 0 Å². The number of carbonyl (C=O) groups excluding carboxylic acids is 1. The first-order valence-corrected chi connectivity index (χ1v) is 7.00. The van der Waals surface area contributed by atoms with Gasteiger partial charge in [-0.25, -0.2) is 0 Å². The van der Waals surface area contributed by atoms with E-state index in [2.05, 4.69) is 17.1 Å². The Morgan fingerprint density at radius 1 is 1.42 bits per heavy atom. The third kappa shape index (κ3) is 6.02. The molecular weight excluding hydrogens is 246 g/mol. The van der Waals surface area contributed by atoms with Crippen LogP contribution in [0.15, 0.2) is 0 Å². The summed E-state index contributed by atoms with van der Waals surface area (Å²) in [5.41, 5.74) is 5.64. The van der Waals surface area contributed by atoms with Crippen LogP contribution in [-0.4, -0.2) is 54.1 Å². The van der Waals surface area contributed by atoms with Crippen LogP contribution in [0.1, 0.15) is 32.6 Å². The van der Waals surface area contributed by atoms with Gasteiger partial charge in [0, 0.05) is 13.0 Å². The minimum atomic E-state index is -0.921. The molecule has 1 aliphatic rings. The second kappa shape index (κ2) is 8.12. The van der Waals surface area contributed by atoms with E-state index in [1.807, 2.05) is 0 Å². The first-order valence-electron chi connectivity index (χ1n) is 7.00. The maximum Gasteiger partial charge on any atom is 0.303 e. The molecule has 4 N–H and O–H groups in total. The van der Waals surface area contributed by atoms with Crippen molar-refractivity contribution in [3.63, 3.8) is 0 Å². The summed E-state index contributed by atoms with van der Waals surface area (Å²) in [6.07, 6.45) is 2.32. The number of nitrogens with zero attached hydrogens (tertiary/aromatic N) is 1. The Kier molecular flexibility index (Phi) is 6.80. The lowest BCUT2D eigenvalue weighted by Crippen LogP contribution is -2.44. The van der Waals surface area contributed by atoms with Gasteiger partial charge < -0.3 is 21.1 Å². The molecule has 0 spiro atoms. The molecule has 1 amide bonds. The van der Waals surface area contributed by atoms with Gasteiger partial charge in [0.25, 0.3) is 0 Å². The molecule has 1 heterocycles. The summed E-state index contributed by atoms with van der Waals surface area (Å²) in [5, 5.41) is 11.4. The number of hydrogen-bond donors (Lipinski definition) is 3. The molecule has 1 unspecified atom stereocenters. The average Bonchev–Trinajstić information content (AvgIpc) is 2.42. The van der Waals surface area contributed by atoms with Crippen molar-refractivity contribution in [3.05, 3.63) is 0 Å². The van der Waals surface area contributed by atoms with Gasteiger partial charge in [0.05, 0.1) is 6.04 Å². The Bertz CT molecular complexity index is 302. The van der Waals surface area contributed by atoms with Gasteiger partial charge in [0.15, 0.2) is 0 Å². The van der Waals surface area contributed by atoms with E-state index >= 15 is 0 Å². The van der Waals surface area contributed by atoms with Crippen LogP contribution in [0.2, 0.25) is 0 Å². The van der Waals surface area contributed by atoms with Gasteiger partial charge in [-0.1, -0.05) is 6.92 Å². The summed E-state index contributed by atoms with van der Waals surface area (Å²) in [6, 6.07) is -0.716. The zero-order valence-corrected chi connectivity index (χ0v) is 11.6. The van der Waals surface area contributed by atoms with Crippen molar-refractivity contribution in [2.24, 2.45) is 11.7 Å². The minimum Gasteiger partial charge on any atom is -0.481 e. The van der Waals surface area contributed by atoms with Crippen molar-refractivity contribution < 1.29 is 14.7 Å². The molecule has 0 aromatic carbocycles. The molecule has 6 nitrogen and oxygen atoms in total. The highest BCUT2D eigenvalue weighted by Crippen LogP contribution is 2.15. The Hall–Kier alpha value is -1.14. The number of rotatable bonds is 7. The summed E-state index contributed by atoms with van der Waals surface area (Å²) in [5.74, 6) is -0.646. The Labute approximate surface area is 114 Å². The Balaban J connectivity index is 2.17. The molecule has 6 heteroatoms. The normalized spacial score (nSPS) is 19.1. The standard InChI is InChI=1S/C13H25N3O3/c1-2-16-7-5-10(6-8-16)9-15-13(19)11(14)3-4-12(17)18/h10-11H,2-9,14H2,1H3,(H,15,19)(H,17,18). The maximum atomic E-state index is 11.7. The molecule has 0 aromatic rings. The zero-order chi connectivity index (χ0) is 14.3. The highest BCUT2D eigenvalue weighted by Gasteiger charge is 2.20. The summed E-state index contributed by atoms with van der Waals surface area (Å²) < 4.78 is 0. The van der Waals surface area contributed by atoms with E-state index in [1.165, 1.54) is 0 Å². The van der Waals surface area contributed by atoms with Gasteiger partial charge in [0.2, 0.25) is 5.91 Å². The van der Waals surface area contributed by atoms with Crippen molar-refractivity contribution in [1.82, 2.24) is 10.2 Å². The molecule has 0 aromatic heterocycles. The molecule has 0 bridgehead atoms. The van der Waals surface area contributed by atoms with Gasteiger partial charge in [-0.2, -0.15) is 0 Å². The highest BCUT2D eigenvalue weighted by molar-refractivity contribution is 5.82. The van der Waals surface area contributed by atoms with Gasteiger partial charge in [-0.15, -0.1) is 0 Å². The zero-order valence-electron chi connectivity index (χ0n) is 11.6. The fraction of sp³-hybridized carbons (Fsp3) is 0.846. The van der Waals surface area contributed by atoms with Crippen molar-refractivity contribution in [1.29, 1.82) is 0 Å². The van der Waals surface area contributed by atoms with E-state index in [4.69, 9.17) is 10.8 Å². The number of aliphatic carboxylic acids is 1. The Morgan fingerprint density at radius 3 is 2.58 bits per heavy atom. The molecule has 1 rings (SSSR count). The van der Waals surface area contributed by atoms with E-state index in [0.29, 0.717) is 12.5 Å². The molecule has 1 saturated heterocycles. The SMILES string of the molecule is CCN1CCC(CNC(=O)C(N)CCC(=O)O)CC1. The number of nitrogens with two attached hydrogens (primary N) is 1. The quantitative estimate of drug-likeness (QED) is 0.607. The van der Waals surface area contributed by atoms with Crippen LogP contribution in [0.5, 0.6) is 0 Å². The molecule has 0 aliphatic carbocycles. The van der Waals surface area contributed by atoms with Crippen LogP contribution in [0.3, 0.4) is 0 Å². The predicted octanol–water partition coefficient (Wildman–Crippen LogP) is 0.0266. The van der Waals surface area contributed by atoms with Crippen molar-refractivity contribution in [3.8, 4) is 0 Å². The Morgan fingerprint density at radius 2 is 2.05 bits per heavy atom. The van der Waals surface area contributed by atoms with E-state index in [-0.39, 0.29) is 18.7 Å². The second-order valence-electron chi connectivity index (χ2n) is 5.16. The molecular formula is C13H25N3O3. The number of amides is 1. The second-order valence-corrected chi connectivity index (χ2v) is 5.16. The highest BCUT2D eigenvalue weighted by atomic mass is 16.4. The molecule has 1 aliphatic heterocycles. The fourth-order valence-electron chi connectivity index (χ4n) is 2.29. The topological polar surface area (TPSA) is 95.7 Å². The smallest absolute Gasteiger partial charge is 0.303 e. The summed E-state index contributed by atoms with van der Waals surface area (Å²) in [7, 11) is 0. The number of nitrogens with one attached hydrogen (secondary N) is 1. The lowest BCUT2D eigenvalue weighted by Gasteiger charge is -2.31. The summed E-state index contributed by atoms with van der Waals surface area (Å²) in [4.78, 5) is 24.5. The number of carbonyl (C=O) groups is 2. The summed E-state index contributed by atoms with van der Waals surface area (Å²) in [6.45, 7) is 6.06. The number of piperidine rings is 1. The average molecular weight is 271 g/mol. The first kappa shape index (κ1) is 15.9. The molecule has 19 heavy (non-hydrogen) atoms. The summed E-state index contributed by atoms with van der Waals surface area (Å²) >= 11 is 0.